The maximum absolute atomic E-state index is 11.8. The Hall–Kier alpha value is -1.44. The van der Waals surface area contributed by atoms with Gasteiger partial charge in [0, 0.05) is 10.5 Å². The molecule has 134 valence electrons. The molecule has 0 aliphatic rings. The van der Waals surface area contributed by atoms with Crippen LogP contribution in [-0.2, 0) is 9.37 Å². The number of carbonyl (C=O) groups excluding carboxylic acids is 1. The van der Waals surface area contributed by atoms with E-state index in [4.69, 9.17) is 11.0 Å². The van der Waals surface area contributed by atoms with Crippen molar-refractivity contribution in [2.45, 2.75) is 4.90 Å². The summed E-state index contributed by atoms with van der Waals surface area (Å²) in [6.45, 7) is 0. The fourth-order valence-corrected chi connectivity index (χ4v) is 2.18. The van der Waals surface area contributed by atoms with Crippen LogP contribution in [-0.4, -0.2) is 16.1 Å². The van der Waals surface area contributed by atoms with E-state index in [0.717, 1.165) is 6.07 Å². The van der Waals surface area contributed by atoms with Gasteiger partial charge < -0.3 is 26.0 Å². The number of aromatic nitrogens is 1. The van der Waals surface area contributed by atoms with Gasteiger partial charge in [0.25, 0.3) is 5.56 Å². The molecule has 0 unspecified atom stereocenters. The number of hydrogen-bond acceptors (Lipinski definition) is 12. The number of anilines is 1. The maximum Gasteiger partial charge on any atom is 1.00 e. The van der Waals surface area contributed by atoms with Gasteiger partial charge in [-0.15, -0.1) is 10.2 Å². The van der Waals surface area contributed by atoms with Crippen LogP contribution >= 0.6 is 12.0 Å². The molecular formula is C13H7N5Na2O7S. The summed E-state index contributed by atoms with van der Waals surface area (Å²) in [5, 5.41) is 49.7. The number of H-pyrrole nitrogens is 1. The monoisotopic (exact) mass is 423 g/mol. The fraction of sp³-hybridized carbons (Fsp3) is 0. The van der Waals surface area contributed by atoms with E-state index in [2.05, 4.69) is 19.6 Å². The number of aromatic carboxylic acids is 1. The molecule has 1 aromatic heterocycles. The van der Waals surface area contributed by atoms with Crippen LogP contribution in [0.1, 0.15) is 15.9 Å². The molecule has 15 heteroatoms. The molecule has 1 aromatic carbocycles. The summed E-state index contributed by atoms with van der Waals surface area (Å²) < 4.78 is 4.07. The summed E-state index contributed by atoms with van der Waals surface area (Å²) >= 11 is 0.450. The van der Waals surface area contributed by atoms with Gasteiger partial charge in [0.15, 0.2) is 5.69 Å². The third kappa shape index (κ3) is 6.29. The minimum absolute atomic E-state index is 0. The largest absolute Gasteiger partial charge is 1.00 e. The third-order valence-corrected chi connectivity index (χ3v) is 3.49. The first-order valence-corrected chi connectivity index (χ1v) is 7.18. The number of hydrogen-bond donors (Lipinski definition) is 3. The molecule has 0 bridgehead atoms. The second-order valence-electron chi connectivity index (χ2n) is 4.44. The molecule has 0 spiro atoms. The van der Waals surface area contributed by atoms with Crippen molar-refractivity contribution < 1.29 is 88.8 Å². The van der Waals surface area contributed by atoms with E-state index in [1.165, 1.54) is 12.1 Å². The number of nitriles is 1. The number of nitrogens with one attached hydrogen (secondary N) is 1. The van der Waals surface area contributed by atoms with E-state index >= 15 is 0 Å². The van der Waals surface area contributed by atoms with E-state index in [1.54, 1.807) is 6.07 Å². The molecule has 12 nitrogen and oxygen atoms in total. The van der Waals surface area contributed by atoms with Crippen LogP contribution in [0.15, 0.2) is 38.1 Å². The summed E-state index contributed by atoms with van der Waals surface area (Å²) in [4.78, 5) is 25.1. The number of nitrogens with two attached hydrogens (primary N) is 1. The minimum Gasteiger partial charge on any atom is -0.691 e. The van der Waals surface area contributed by atoms with Crippen LogP contribution in [0.4, 0.5) is 17.1 Å². The van der Waals surface area contributed by atoms with E-state index in [9.17, 15) is 25.1 Å². The van der Waals surface area contributed by atoms with Gasteiger partial charge in [-0.25, -0.2) is 0 Å². The number of azo groups is 1. The van der Waals surface area contributed by atoms with Crippen molar-refractivity contribution in [1.82, 2.24) is 4.98 Å². The number of nitrogen functional groups attached to an aromatic ring is 1. The molecule has 2 aromatic rings. The van der Waals surface area contributed by atoms with Gasteiger partial charge in [0.2, 0.25) is 5.88 Å². The number of carbonyl (C=O) groups is 1. The molecule has 0 fully saturated rings. The van der Waals surface area contributed by atoms with Crippen molar-refractivity contribution in [2.75, 3.05) is 5.73 Å². The Bertz CT molecular complexity index is 992. The summed E-state index contributed by atoms with van der Waals surface area (Å²) in [6.07, 6.45) is 0. The zero-order valence-corrected chi connectivity index (χ0v) is 19.3. The van der Waals surface area contributed by atoms with Crippen molar-refractivity contribution in [3.8, 4) is 11.9 Å². The summed E-state index contributed by atoms with van der Waals surface area (Å²) in [5.74, 6) is -2.35. The second-order valence-corrected chi connectivity index (χ2v) is 5.21. The van der Waals surface area contributed by atoms with Crippen molar-refractivity contribution in [3.05, 3.63) is 39.7 Å². The Morgan fingerprint density at radius 2 is 2.04 bits per heavy atom. The van der Waals surface area contributed by atoms with Gasteiger partial charge in [-0.2, -0.15) is 9.60 Å². The molecule has 28 heavy (non-hydrogen) atoms. The van der Waals surface area contributed by atoms with Gasteiger partial charge in [-0.1, -0.05) is 0 Å². The zero-order valence-electron chi connectivity index (χ0n) is 14.5. The van der Waals surface area contributed by atoms with Crippen molar-refractivity contribution >= 4 is 35.1 Å². The first-order valence-electron chi connectivity index (χ1n) is 6.44. The molecule has 0 aliphatic carbocycles. The van der Waals surface area contributed by atoms with Gasteiger partial charge in [-0.3, -0.25) is 14.8 Å². The minimum atomic E-state index is -1.62. The SMILES string of the molecule is N#Cc1c(O)[nH]c(=O)c(N=Nc2ccc(SOO[O-])cc2C(=O)[O-])c1N.[Na+].[Na+]. The first kappa shape index (κ1) is 26.6. The molecule has 4 N–H and O–H groups in total. The second kappa shape index (κ2) is 12.2. The number of aromatic amines is 1. The van der Waals surface area contributed by atoms with Crippen LogP contribution in [0, 0.1) is 11.3 Å². The molecule has 0 radical (unpaired) electrons. The Morgan fingerprint density at radius 1 is 1.36 bits per heavy atom. The van der Waals surface area contributed by atoms with Crippen LogP contribution in [0.3, 0.4) is 0 Å². The first-order chi connectivity index (χ1) is 12.4. The normalized spacial score (nSPS) is 10.0. The summed E-state index contributed by atoms with van der Waals surface area (Å²) in [7, 11) is 0. The number of nitrogens with zero attached hydrogens (tertiary/aromatic N) is 3. The standard InChI is InChI=1S/C13H9N5O7S.2Na/c14-4-7-9(15)10(12(20)16-11(7)19)18-17-8-2-1-5(26-25-24-23)3-6(8)13(21)22;;/h1-3,23H,(H,21,22)(H4,15,16,19,20);;/q;2*+1/p-2. The molecule has 0 saturated carbocycles. The predicted octanol–water partition coefficient (Wildman–Crippen LogP) is -6.45. The number of aromatic hydroxyl groups is 1. The van der Waals surface area contributed by atoms with Gasteiger partial charge >= 0.3 is 59.1 Å². The van der Waals surface area contributed by atoms with Crippen molar-refractivity contribution in [3.63, 3.8) is 0 Å². The number of benzene rings is 1. The fourth-order valence-electron chi connectivity index (χ4n) is 1.78. The number of rotatable bonds is 6. The average Bonchev–Trinajstić information content (AvgIpc) is 2.60. The van der Waals surface area contributed by atoms with Crippen LogP contribution < -0.4 is 80.8 Å². The number of carboxylic acids is 1. The molecule has 0 atom stereocenters. The van der Waals surface area contributed by atoms with Gasteiger partial charge in [0.1, 0.15) is 11.6 Å². The van der Waals surface area contributed by atoms with Crippen LogP contribution in [0.5, 0.6) is 5.88 Å². The Morgan fingerprint density at radius 3 is 2.61 bits per heavy atom. The topological polar surface area (TPSA) is 209 Å². The van der Waals surface area contributed by atoms with Crippen molar-refractivity contribution in [1.29, 1.82) is 5.26 Å². The average molecular weight is 423 g/mol. The smallest absolute Gasteiger partial charge is 0.691 e. The van der Waals surface area contributed by atoms with E-state index in [-0.39, 0.29) is 69.7 Å². The van der Waals surface area contributed by atoms with E-state index in [0.29, 0.717) is 12.0 Å². The molecule has 0 amide bonds. The third-order valence-electron chi connectivity index (χ3n) is 2.92. The zero-order chi connectivity index (χ0) is 19.3. The number of pyridine rings is 1. The molecule has 0 aliphatic heterocycles. The molecule has 1 heterocycles. The van der Waals surface area contributed by atoms with Gasteiger partial charge in [0.05, 0.1) is 29.4 Å². The van der Waals surface area contributed by atoms with Crippen molar-refractivity contribution in [2.24, 2.45) is 10.2 Å². The Kier molecular flexibility index (Phi) is 11.6. The Labute approximate surface area is 205 Å². The summed E-state index contributed by atoms with van der Waals surface area (Å²) in [5.41, 5.74) is 2.67. The maximum atomic E-state index is 11.8. The predicted molar refractivity (Wildman–Crippen MR) is 80.8 cm³/mol. The summed E-state index contributed by atoms with van der Waals surface area (Å²) in [6, 6.07) is 5.17. The number of carboxylic acid groups (broad SMARTS) is 1. The molecule has 2 rings (SSSR count). The van der Waals surface area contributed by atoms with E-state index < -0.39 is 39.9 Å². The molecular weight excluding hydrogens is 416 g/mol. The van der Waals surface area contributed by atoms with Crippen LogP contribution in [0.25, 0.3) is 0 Å². The Balaban J connectivity index is 0.00000364. The molecule has 0 saturated heterocycles. The van der Waals surface area contributed by atoms with Gasteiger partial charge in [-0.05, 0) is 18.2 Å². The van der Waals surface area contributed by atoms with E-state index in [1.807, 2.05) is 4.98 Å². The van der Waals surface area contributed by atoms with Crippen LogP contribution in [0.2, 0.25) is 0 Å². The quantitative estimate of drug-likeness (QED) is 0.131.